The lowest BCUT2D eigenvalue weighted by molar-refractivity contribution is -0.147. The largest absolute Gasteiger partial charge is 0.497 e. The molecule has 2 atom stereocenters. The number of methoxy groups -OCH3 is 2. The molecule has 0 bridgehead atoms. The fourth-order valence-electron chi connectivity index (χ4n) is 3.66. The molecule has 2 unspecified atom stereocenters. The van der Waals surface area contributed by atoms with E-state index in [0.29, 0.717) is 19.3 Å². The van der Waals surface area contributed by atoms with Gasteiger partial charge in [0.05, 0.1) is 14.2 Å². The van der Waals surface area contributed by atoms with E-state index in [1.807, 2.05) is 18.2 Å². The van der Waals surface area contributed by atoms with E-state index in [4.69, 9.17) is 9.47 Å². The van der Waals surface area contributed by atoms with Crippen LogP contribution in [0.4, 0.5) is 0 Å². The highest BCUT2D eigenvalue weighted by atomic mass is 16.5. The van der Waals surface area contributed by atoms with Gasteiger partial charge in [-0.1, -0.05) is 12.8 Å². The minimum absolute atomic E-state index is 0.0438. The fraction of sp³-hybridized carbons (Fsp3) is 0.556. The van der Waals surface area contributed by atoms with Crippen molar-refractivity contribution in [2.75, 3.05) is 14.2 Å². The summed E-state index contributed by atoms with van der Waals surface area (Å²) in [5, 5.41) is 12.3. The quantitative estimate of drug-likeness (QED) is 0.834. The molecule has 0 saturated heterocycles. The summed E-state index contributed by atoms with van der Waals surface area (Å²) in [4.78, 5) is 24.1. The molecule has 6 nitrogen and oxygen atoms in total. The molecule has 2 N–H and O–H groups in total. The van der Waals surface area contributed by atoms with Crippen molar-refractivity contribution < 1.29 is 24.2 Å². The topological polar surface area (TPSA) is 84.9 Å². The number of hydrogen-bond donors (Lipinski definition) is 2. The highest BCUT2D eigenvalue weighted by molar-refractivity contribution is 5.90. The molecular weight excluding hydrogens is 310 g/mol. The number of rotatable bonds is 6. The third-order valence-electron chi connectivity index (χ3n) is 5.19. The normalized spacial score (nSPS) is 24.2. The maximum atomic E-state index is 12.6. The minimum atomic E-state index is -1.08. The van der Waals surface area contributed by atoms with Gasteiger partial charge in [-0.15, -0.1) is 0 Å². The van der Waals surface area contributed by atoms with E-state index in [1.165, 1.54) is 0 Å². The fourth-order valence-corrected chi connectivity index (χ4v) is 3.66. The van der Waals surface area contributed by atoms with Crippen LogP contribution in [0.3, 0.4) is 0 Å². The third kappa shape index (κ3) is 2.92. The van der Waals surface area contributed by atoms with Crippen molar-refractivity contribution in [3.8, 4) is 11.5 Å². The van der Waals surface area contributed by atoms with Crippen molar-refractivity contribution in [2.45, 2.75) is 43.6 Å². The van der Waals surface area contributed by atoms with Gasteiger partial charge in [-0.3, -0.25) is 4.79 Å². The van der Waals surface area contributed by atoms with Gasteiger partial charge in [0, 0.05) is 17.4 Å². The van der Waals surface area contributed by atoms with Crippen molar-refractivity contribution in [1.29, 1.82) is 0 Å². The summed E-state index contributed by atoms with van der Waals surface area (Å²) in [5.41, 5.74) is -0.143. The van der Waals surface area contributed by atoms with E-state index in [0.717, 1.165) is 29.9 Å². The Hall–Kier alpha value is -2.24. The second kappa shape index (κ2) is 6.34. The summed E-state index contributed by atoms with van der Waals surface area (Å²) < 4.78 is 10.6. The van der Waals surface area contributed by atoms with Gasteiger partial charge in [-0.2, -0.15) is 0 Å². The molecule has 130 valence electrons. The predicted molar refractivity (Wildman–Crippen MR) is 87.4 cm³/mol. The smallest absolute Gasteiger partial charge is 0.329 e. The van der Waals surface area contributed by atoms with Gasteiger partial charge in [-0.25, -0.2) is 4.79 Å². The zero-order valence-electron chi connectivity index (χ0n) is 14.0. The van der Waals surface area contributed by atoms with Crippen molar-refractivity contribution >= 4 is 11.9 Å². The van der Waals surface area contributed by atoms with E-state index in [1.54, 1.807) is 14.2 Å². The van der Waals surface area contributed by atoms with Gasteiger partial charge < -0.3 is 19.9 Å². The van der Waals surface area contributed by atoms with Crippen LogP contribution in [-0.4, -0.2) is 36.7 Å². The molecule has 0 heterocycles. The first-order valence-electron chi connectivity index (χ1n) is 8.28. The molecule has 0 spiro atoms. The summed E-state index contributed by atoms with van der Waals surface area (Å²) in [7, 11) is 3.19. The lowest BCUT2D eigenvalue weighted by Gasteiger charge is -2.25. The van der Waals surface area contributed by atoms with Crippen LogP contribution < -0.4 is 14.8 Å². The maximum Gasteiger partial charge on any atom is 0.329 e. The standard InChI is InChI=1S/C18H23NO5/c1-23-11-5-6-15(24-2)13(9-11)12-10-14(12)16(20)19-18(17(21)22)7-3-4-8-18/h5-6,9,12,14H,3-4,7-8,10H2,1-2H3,(H,19,20)(H,21,22). The first-order valence-corrected chi connectivity index (χ1v) is 8.28. The monoisotopic (exact) mass is 333 g/mol. The summed E-state index contributed by atoms with van der Waals surface area (Å²) >= 11 is 0. The van der Waals surface area contributed by atoms with E-state index in [9.17, 15) is 14.7 Å². The number of nitrogens with one attached hydrogen (secondary N) is 1. The van der Waals surface area contributed by atoms with Gasteiger partial charge in [0.25, 0.3) is 0 Å². The molecule has 0 radical (unpaired) electrons. The molecule has 1 aromatic carbocycles. The summed E-state index contributed by atoms with van der Waals surface area (Å²) in [6, 6.07) is 5.54. The Kier molecular flexibility index (Phi) is 4.39. The van der Waals surface area contributed by atoms with Gasteiger partial charge in [0.1, 0.15) is 17.0 Å². The summed E-state index contributed by atoms with van der Waals surface area (Å²) in [6.45, 7) is 0. The number of ether oxygens (including phenoxy) is 2. The number of amides is 1. The summed E-state index contributed by atoms with van der Waals surface area (Å²) in [5.74, 6) is 0.184. The number of carboxylic acid groups (broad SMARTS) is 1. The highest BCUT2D eigenvalue weighted by Gasteiger charge is 2.50. The van der Waals surface area contributed by atoms with Crippen LogP contribution in [0.5, 0.6) is 11.5 Å². The molecule has 2 aliphatic rings. The number of aliphatic carboxylic acids is 1. The van der Waals surface area contributed by atoms with Gasteiger partial charge in [-0.05, 0) is 37.5 Å². The Morgan fingerprint density at radius 3 is 2.50 bits per heavy atom. The van der Waals surface area contributed by atoms with Crippen LogP contribution in [-0.2, 0) is 9.59 Å². The van der Waals surface area contributed by atoms with Crippen LogP contribution in [0.25, 0.3) is 0 Å². The van der Waals surface area contributed by atoms with E-state index >= 15 is 0 Å². The first kappa shape index (κ1) is 16.6. The number of carbonyl (C=O) groups excluding carboxylic acids is 1. The van der Waals surface area contributed by atoms with Crippen molar-refractivity contribution in [2.24, 2.45) is 5.92 Å². The van der Waals surface area contributed by atoms with Crippen molar-refractivity contribution in [3.05, 3.63) is 23.8 Å². The Balaban J connectivity index is 1.73. The van der Waals surface area contributed by atoms with Crippen LogP contribution >= 0.6 is 0 Å². The van der Waals surface area contributed by atoms with Gasteiger partial charge in [0.15, 0.2) is 0 Å². The van der Waals surface area contributed by atoms with Crippen LogP contribution in [0.1, 0.15) is 43.6 Å². The lowest BCUT2D eigenvalue weighted by atomic mass is 9.97. The molecular formula is C18H23NO5. The second-order valence-electron chi connectivity index (χ2n) is 6.64. The number of hydrogen-bond acceptors (Lipinski definition) is 4. The number of carbonyl (C=O) groups is 2. The van der Waals surface area contributed by atoms with E-state index in [2.05, 4.69) is 5.32 Å². The average Bonchev–Trinajstić information content (AvgIpc) is 3.25. The third-order valence-corrected chi connectivity index (χ3v) is 5.19. The summed E-state index contributed by atoms with van der Waals surface area (Å²) in [6.07, 6.45) is 3.39. The van der Waals surface area contributed by atoms with E-state index in [-0.39, 0.29) is 17.7 Å². The second-order valence-corrected chi connectivity index (χ2v) is 6.64. The zero-order valence-corrected chi connectivity index (χ0v) is 14.0. The SMILES string of the molecule is COc1ccc(OC)c(C2CC2C(=O)NC2(C(=O)O)CCCC2)c1. The average molecular weight is 333 g/mol. The van der Waals surface area contributed by atoms with Crippen LogP contribution in [0.2, 0.25) is 0 Å². The van der Waals surface area contributed by atoms with Crippen LogP contribution in [0, 0.1) is 5.92 Å². The molecule has 24 heavy (non-hydrogen) atoms. The molecule has 6 heteroatoms. The number of benzene rings is 1. The van der Waals surface area contributed by atoms with Crippen LogP contribution in [0.15, 0.2) is 18.2 Å². The van der Waals surface area contributed by atoms with Crippen molar-refractivity contribution in [1.82, 2.24) is 5.32 Å². The Labute approximate surface area is 141 Å². The minimum Gasteiger partial charge on any atom is -0.497 e. The van der Waals surface area contributed by atoms with E-state index < -0.39 is 11.5 Å². The van der Waals surface area contributed by atoms with Gasteiger partial charge in [0.2, 0.25) is 5.91 Å². The zero-order chi connectivity index (χ0) is 17.3. The molecule has 1 aromatic rings. The lowest BCUT2D eigenvalue weighted by Crippen LogP contribution is -2.53. The predicted octanol–water partition coefficient (Wildman–Crippen LogP) is 2.32. The molecule has 3 rings (SSSR count). The Bertz CT molecular complexity index is 651. The molecule has 2 saturated carbocycles. The molecule has 1 amide bonds. The molecule has 2 fully saturated rings. The molecule has 2 aliphatic carbocycles. The number of carboxylic acids is 1. The maximum absolute atomic E-state index is 12.6. The Morgan fingerprint density at radius 2 is 1.92 bits per heavy atom. The highest BCUT2D eigenvalue weighted by Crippen LogP contribution is 2.51. The molecule has 0 aromatic heterocycles. The Morgan fingerprint density at radius 1 is 1.21 bits per heavy atom. The van der Waals surface area contributed by atoms with Crippen molar-refractivity contribution in [3.63, 3.8) is 0 Å². The first-order chi connectivity index (χ1) is 11.5. The molecule has 0 aliphatic heterocycles. The van der Waals surface area contributed by atoms with Gasteiger partial charge >= 0.3 is 5.97 Å².